The van der Waals surface area contributed by atoms with E-state index in [2.05, 4.69) is 4.74 Å². The third-order valence-corrected chi connectivity index (χ3v) is 3.60. The molecule has 1 aliphatic rings. The summed E-state index contributed by atoms with van der Waals surface area (Å²) in [6.45, 7) is 8.62. The van der Waals surface area contributed by atoms with Gasteiger partial charge in [-0.25, -0.2) is 4.79 Å². The van der Waals surface area contributed by atoms with Crippen LogP contribution in [0.4, 0.5) is 0 Å². The summed E-state index contributed by atoms with van der Waals surface area (Å²) in [6, 6.07) is 4.33. The standard InChI is InChI=1S/C14H17NO5.C3H6O2.C2H6/c1-3-15-7-6-11(13(15)16)20-10-5-4-9(14(17)18)8-12(10)19-2;1-3(4)5-2;1-2/h4-5,8,11H,3,6-7H2,1-2H3,(H,17,18);1-2H3;1-2H3. The van der Waals surface area contributed by atoms with Crippen LogP contribution in [-0.4, -0.2) is 61.3 Å². The highest BCUT2D eigenvalue weighted by molar-refractivity contribution is 5.88. The van der Waals surface area contributed by atoms with Crippen molar-refractivity contribution in [2.75, 3.05) is 27.3 Å². The number of benzene rings is 1. The quantitative estimate of drug-likeness (QED) is 0.780. The van der Waals surface area contributed by atoms with E-state index in [-0.39, 0.29) is 17.4 Å². The topological polar surface area (TPSA) is 102 Å². The summed E-state index contributed by atoms with van der Waals surface area (Å²) in [6.07, 6.45) is 0.0933. The third kappa shape index (κ3) is 7.55. The van der Waals surface area contributed by atoms with Crippen LogP contribution >= 0.6 is 0 Å². The minimum absolute atomic E-state index is 0.0446. The Morgan fingerprint density at radius 3 is 2.22 bits per heavy atom. The Hall–Kier alpha value is -2.77. The van der Waals surface area contributed by atoms with Gasteiger partial charge in [0.15, 0.2) is 17.6 Å². The van der Waals surface area contributed by atoms with Crippen molar-refractivity contribution in [1.29, 1.82) is 0 Å². The summed E-state index contributed by atoms with van der Waals surface area (Å²) in [5, 5.41) is 8.93. The van der Waals surface area contributed by atoms with Crippen LogP contribution in [0, 0.1) is 0 Å². The monoisotopic (exact) mass is 383 g/mol. The van der Waals surface area contributed by atoms with Gasteiger partial charge in [0, 0.05) is 26.4 Å². The molecule has 1 aliphatic heterocycles. The number of aromatic carboxylic acids is 1. The van der Waals surface area contributed by atoms with Gasteiger partial charge in [-0.3, -0.25) is 9.59 Å². The van der Waals surface area contributed by atoms with Gasteiger partial charge < -0.3 is 24.2 Å². The Bertz CT molecular complexity index is 630. The molecule has 152 valence electrons. The van der Waals surface area contributed by atoms with Crippen LogP contribution in [0.5, 0.6) is 11.5 Å². The number of ether oxygens (including phenoxy) is 3. The van der Waals surface area contributed by atoms with Crippen LogP contribution in [0.25, 0.3) is 0 Å². The second-order valence-electron chi connectivity index (χ2n) is 5.18. The SMILES string of the molecule is CC.CCN1CCC(Oc2ccc(C(=O)O)cc2OC)C1=O.COC(C)=O. The van der Waals surface area contributed by atoms with Crippen molar-refractivity contribution in [1.82, 2.24) is 4.90 Å². The van der Waals surface area contributed by atoms with Crippen LogP contribution in [0.1, 0.15) is 44.5 Å². The number of hydrogen-bond donors (Lipinski definition) is 1. The second kappa shape index (κ2) is 12.6. The average molecular weight is 383 g/mol. The van der Waals surface area contributed by atoms with Gasteiger partial charge in [0.05, 0.1) is 19.8 Å². The first-order valence-corrected chi connectivity index (χ1v) is 8.75. The number of esters is 1. The maximum absolute atomic E-state index is 12.0. The fourth-order valence-corrected chi connectivity index (χ4v) is 2.18. The van der Waals surface area contributed by atoms with Gasteiger partial charge in [0.2, 0.25) is 0 Å². The highest BCUT2D eigenvalue weighted by atomic mass is 16.5. The Morgan fingerprint density at radius 1 is 1.22 bits per heavy atom. The largest absolute Gasteiger partial charge is 0.493 e. The number of carbonyl (C=O) groups excluding carboxylic acids is 2. The summed E-state index contributed by atoms with van der Waals surface area (Å²) in [5.41, 5.74) is 0.113. The molecule has 0 radical (unpaired) electrons. The zero-order valence-electron chi connectivity index (χ0n) is 16.8. The lowest BCUT2D eigenvalue weighted by Gasteiger charge is -2.16. The van der Waals surface area contributed by atoms with Crippen LogP contribution in [0.3, 0.4) is 0 Å². The molecule has 0 aliphatic carbocycles. The Balaban J connectivity index is 0.000000838. The number of rotatable bonds is 5. The number of likely N-dealkylation sites (tertiary alicyclic amines) is 1. The predicted molar refractivity (Wildman–Crippen MR) is 100 cm³/mol. The number of carboxylic acids is 1. The Morgan fingerprint density at radius 2 is 1.81 bits per heavy atom. The van der Waals surface area contributed by atoms with Gasteiger partial charge in [-0.2, -0.15) is 0 Å². The molecule has 1 amide bonds. The fraction of sp³-hybridized carbons (Fsp3) is 0.526. The molecule has 1 atom stereocenters. The van der Waals surface area contributed by atoms with E-state index in [9.17, 15) is 14.4 Å². The van der Waals surface area contributed by atoms with Crippen molar-refractivity contribution in [3.8, 4) is 11.5 Å². The van der Waals surface area contributed by atoms with E-state index >= 15 is 0 Å². The highest BCUT2D eigenvalue weighted by Gasteiger charge is 2.32. The molecule has 0 aromatic heterocycles. The van der Waals surface area contributed by atoms with Gasteiger partial charge in [-0.1, -0.05) is 13.8 Å². The van der Waals surface area contributed by atoms with Crippen LogP contribution in [0.15, 0.2) is 18.2 Å². The molecule has 1 saturated heterocycles. The summed E-state index contributed by atoms with van der Waals surface area (Å²) in [5.74, 6) is -0.632. The van der Waals surface area contributed by atoms with Crippen LogP contribution in [-0.2, 0) is 14.3 Å². The van der Waals surface area contributed by atoms with Crippen LogP contribution < -0.4 is 9.47 Å². The van der Waals surface area contributed by atoms with Gasteiger partial charge in [-0.05, 0) is 25.1 Å². The zero-order chi connectivity index (χ0) is 21.0. The van der Waals surface area contributed by atoms with E-state index in [0.717, 1.165) is 0 Å². The normalized spacial score (nSPS) is 15.0. The molecule has 1 aromatic carbocycles. The molecule has 8 heteroatoms. The Kier molecular flexibility index (Phi) is 11.3. The van der Waals surface area contributed by atoms with Crippen LogP contribution in [0.2, 0.25) is 0 Å². The highest BCUT2D eigenvalue weighted by Crippen LogP contribution is 2.30. The van der Waals surface area contributed by atoms with E-state index in [1.54, 1.807) is 4.90 Å². The first kappa shape index (κ1) is 24.2. The minimum Gasteiger partial charge on any atom is -0.493 e. The predicted octanol–water partition coefficient (Wildman–Crippen LogP) is 2.60. The van der Waals surface area contributed by atoms with E-state index in [1.807, 2.05) is 20.8 Å². The molecule has 1 fully saturated rings. The van der Waals surface area contributed by atoms with Crippen molar-refractivity contribution >= 4 is 17.8 Å². The lowest BCUT2D eigenvalue weighted by molar-refractivity contribution is -0.138. The smallest absolute Gasteiger partial charge is 0.335 e. The first-order chi connectivity index (χ1) is 12.8. The lowest BCUT2D eigenvalue weighted by atomic mass is 10.2. The summed E-state index contributed by atoms with van der Waals surface area (Å²) in [4.78, 5) is 34.2. The molecule has 0 saturated carbocycles. The number of amides is 1. The molecule has 0 spiro atoms. The van der Waals surface area contributed by atoms with E-state index in [1.165, 1.54) is 39.3 Å². The number of hydrogen-bond acceptors (Lipinski definition) is 6. The maximum atomic E-state index is 12.0. The van der Waals surface area contributed by atoms with E-state index in [4.69, 9.17) is 14.6 Å². The number of methoxy groups -OCH3 is 2. The van der Waals surface area contributed by atoms with Crippen molar-refractivity contribution in [2.24, 2.45) is 0 Å². The van der Waals surface area contributed by atoms with Crippen molar-refractivity contribution in [2.45, 2.75) is 40.2 Å². The molecule has 27 heavy (non-hydrogen) atoms. The number of carbonyl (C=O) groups is 3. The molecule has 2 rings (SSSR count). The lowest BCUT2D eigenvalue weighted by Crippen LogP contribution is -2.32. The number of likely N-dealkylation sites (N-methyl/N-ethyl adjacent to an activating group) is 1. The van der Waals surface area contributed by atoms with E-state index < -0.39 is 12.1 Å². The summed E-state index contributed by atoms with van der Waals surface area (Å²) < 4.78 is 14.9. The van der Waals surface area contributed by atoms with Gasteiger partial charge >= 0.3 is 11.9 Å². The molecule has 1 unspecified atom stereocenters. The van der Waals surface area contributed by atoms with Crippen molar-refractivity contribution in [3.63, 3.8) is 0 Å². The van der Waals surface area contributed by atoms with Crippen molar-refractivity contribution < 1.29 is 33.7 Å². The summed E-state index contributed by atoms with van der Waals surface area (Å²) >= 11 is 0. The molecule has 1 aromatic rings. The number of carboxylic acid groups (broad SMARTS) is 1. The molecule has 1 N–H and O–H groups in total. The maximum Gasteiger partial charge on any atom is 0.335 e. The zero-order valence-corrected chi connectivity index (χ0v) is 16.8. The number of nitrogens with zero attached hydrogens (tertiary/aromatic N) is 1. The third-order valence-electron chi connectivity index (χ3n) is 3.60. The molecule has 1 heterocycles. The first-order valence-electron chi connectivity index (χ1n) is 8.75. The Labute approximate surface area is 160 Å². The van der Waals surface area contributed by atoms with Crippen molar-refractivity contribution in [3.05, 3.63) is 23.8 Å². The fourth-order valence-electron chi connectivity index (χ4n) is 2.18. The molecule has 8 nitrogen and oxygen atoms in total. The summed E-state index contributed by atoms with van der Waals surface area (Å²) in [7, 11) is 2.78. The van der Waals surface area contributed by atoms with Gasteiger partial charge in [0.1, 0.15) is 0 Å². The average Bonchev–Trinajstić information content (AvgIpc) is 3.03. The van der Waals surface area contributed by atoms with Gasteiger partial charge in [0.25, 0.3) is 5.91 Å². The van der Waals surface area contributed by atoms with E-state index in [0.29, 0.717) is 31.0 Å². The molecule has 0 bridgehead atoms. The molecular formula is C19H29NO7. The second-order valence-corrected chi connectivity index (χ2v) is 5.18. The minimum atomic E-state index is -1.04. The molecular weight excluding hydrogens is 354 g/mol. The van der Waals surface area contributed by atoms with Gasteiger partial charge in [-0.15, -0.1) is 0 Å².